The average molecular weight is 473 g/mol. The minimum Gasteiger partial charge on any atom is -0.231 e. The van der Waals surface area contributed by atoms with E-state index in [0.29, 0.717) is 0 Å². The Hall–Kier alpha value is -4.82. The fourth-order valence-corrected chi connectivity index (χ4v) is 5.79. The van der Waals surface area contributed by atoms with E-state index in [2.05, 4.69) is 127 Å². The second-order valence-electron chi connectivity index (χ2n) is 9.38. The lowest BCUT2D eigenvalue weighted by molar-refractivity contribution is 0.736. The van der Waals surface area contributed by atoms with E-state index < -0.39 is 5.41 Å². The summed E-state index contributed by atoms with van der Waals surface area (Å²) in [5.74, 6) is 0.738. The summed E-state index contributed by atoms with van der Waals surface area (Å²) in [6, 6.07) is 51.1. The van der Waals surface area contributed by atoms with Crippen LogP contribution < -0.4 is 0 Å². The van der Waals surface area contributed by atoms with Gasteiger partial charge in [0.25, 0.3) is 0 Å². The summed E-state index contributed by atoms with van der Waals surface area (Å²) >= 11 is 0. The molecule has 0 fully saturated rings. The van der Waals surface area contributed by atoms with E-state index in [1.54, 1.807) is 0 Å². The molecule has 2 nitrogen and oxygen atoms in total. The lowest BCUT2D eigenvalue weighted by Crippen LogP contribution is -2.30. The highest BCUT2D eigenvalue weighted by Crippen LogP contribution is 2.57. The molecular weight excluding hydrogens is 448 g/mol. The highest BCUT2D eigenvalue weighted by molar-refractivity contribution is 5.93. The highest BCUT2D eigenvalue weighted by Gasteiger charge is 2.49. The van der Waals surface area contributed by atoms with Crippen molar-refractivity contribution < 1.29 is 0 Å². The van der Waals surface area contributed by atoms with Crippen LogP contribution in [0, 0.1) is 0 Å². The summed E-state index contributed by atoms with van der Waals surface area (Å²) in [5, 5.41) is 0. The van der Waals surface area contributed by atoms with E-state index in [1.807, 2.05) is 18.2 Å². The molecule has 1 aliphatic carbocycles. The predicted molar refractivity (Wildman–Crippen MR) is 150 cm³/mol. The molecule has 7 rings (SSSR count). The molecule has 0 saturated carbocycles. The molecule has 37 heavy (non-hydrogen) atoms. The van der Waals surface area contributed by atoms with Crippen LogP contribution in [-0.2, 0) is 5.41 Å². The molecule has 0 amide bonds. The minimum atomic E-state index is -0.565. The molecule has 1 aromatic heterocycles. The number of aromatic nitrogens is 2. The monoisotopic (exact) mass is 472 g/mol. The maximum absolute atomic E-state index is 5.42. The molecule has 0 N–H and O–H groups in total. The smallest absolute Gasteiger partial charge is 0.160 e. The van der Waals surface area contributed by atoms with Crippen LogP contribution in [0.1, 0.15) is 22.4 Å². The SMILES string of the molecule is c1ccc(-c2nc(-c3ccccc3)c3c(n2)C(c2ccccc2)(c2ccccc2)c2ccccc2-3)cc1. The maximum Gasteiger partial charge on any atom is 0.160 e. The first kappa shape index (κ1) is 21.5. The van der Waals surface area contributed by atoms with Crippen LogP contribution in [0.25, 0.3) is 33.8 Å². The van der Waals surface area contributed by atoms with Crippen molar-refractivity contribution in [3.63, 3.8) is 0 Å². The molecule has 2 heteroatoms. The molecule has 0 aliphatic heterocycles. The number of hydrogen-bond acceptors (Lipinski definition) is 2. The quantitative estimate of drug-likeness (QED) is 0.258. The van der Waals surface area contributed by atoms with Crippen molar-refractivity contribution in [2.75, 3.05) is 0 Å². The summed E-state index contributed by atoms with van der Waals surface area (Å²) < 4.78 is 0. The van der Waals surface area contributed by atoms with E-state index in [0.717, 1.165) is 33.9 Å². The number of benzene rings is 5. The highest BCUT2D eigenvalue weighted by atomic mass is 14.9. The number of hydrogen-bond donors (Lipinski definition) is 0. The third-order valence-electron chi connectivity index (χ3n) is 7.36. The van der Waals surface area contributed by atoms with Crippen LogP contribution in [0.15, 0.2) is 146 Å². The maximum atomic E-state index is 5.42. The van der Waals surface area contributed by atoms with Gasteiger partial charge in [0.1, 0.15) is 0 Å². The summed E-state index contributed by atoms with van der Waals surface area (Å²) in [4.78, 5) is 10.6. The van der Waals surface area contributed by atoms with Crippen molar-refractivity contribution in [1.29, 1.82) is 0 Å². The third kappa shape index (κ3) is 3.26. The Balaban J connectivity index is 1.68. The zero-order valence-electron chi connectivity index (χ0n) is 20.3. The lowest BCUT2D eigenvalue weighted by Gasteiger charge is -2.33. The zero-order chi connectivity index (χ0) is 24.7. The fourth-order valence-electron chi connectivity index (χ4n) is 5.79. The van der Waals surface area contributed by atoms with E-state index in [4.69, 9.17) is 9.97 Å². The van der Waals surface area contributed by atoms with E-state index >= 15 is 0 Å². The molecular formula is C35H24N2. The van der Waals surface area contributed by atoms with Crippen LogP contribution in [0.2, 0.25) is 0 Å². The predicted octanol–water partition coefficient (Wildman–Crippen LogP) is 8.17. The van der Waals surface area contributed by atoms with Gasteiger partial charge in [-0.25, -0.2) is 9.97 Å². The van der Waals surface area contributed by atoms with Crippen LogP contribution in [0.4, 0.5) is 0 Å². The Morgan fingerprint density at radius 2 is 0.919 bits per heavy atom. The van der Waals surface area contributed by atoms with Crippen LogP contribution in [0.5, 0.6) is 0 Å². The van der Waals surface area contributed by atoms with Crippen LogP contribution in [-0.4, -0.2) is 9.97 Å². The second kappa shape index (κ2) is 8.69. The Kier molecular flexibility index (Phi) is 5.04. The molecule has 0 atom stereocenters. The third-order valence-corrected chi connectivity index (χ3v) is 7.36. The number of nitrogens with zero attached hydrogens (tertiary/aromatic N) is 2. The molecule has 1 heterocycles. The summed E-state index contributed by atoms with van der Waals surface area (Å²) in [6.45, 7) is 0. The molecule has 5 aromatic carbocycles. The van der Waals surface area contributed by atoms with Gasteiger partial charge in [-0.15, -0.1) is 0 Å². The molecule has 0 saturated heterocycles. The van der Waals surface area contributed by atoms with Gasteiger partial charge in [0, 0.05) is 16.7 Å². The Morgan fingerprint density at radius 3 is 1.51 bits per heavy atom. The number of fused-ring (bicyclic) bond motifs is 3. The van der Waals surface area contributed by atoms with Crippen molar-refractivity contribution in [3.8, 4) is 33.8 Å². The van der Waals surface area contributed by atoms with Crippen molar-refractivity contribution in [3.05, 3.63) is 168 Å². The van der Waals surface area contributed by atoms with Gasteiger partial charge in [-0.05, 0) is 22.3 Å². The molecule has 0 bridgehead atoms. The van der Waals surface area contributed by atoms with Gasteiger partial charge < -0.3 is 0 Å². The minimum absolute atomic E-state index is 0.565. The Bertz CT molecular complexity index is 1650. The lowest BCUT2D eigenvalue weighted by atomic mass is 9.69. The van der Waals surface area contributed by atoms with Crippen LogP contribution >= 0.6 is 0 Å². The average Bonchev–Trinajstić information content (AvgIpc) is 3.29. The number of rotatable bonds is 4. The van der Waals surface area contributed by atoms with Gasteiger partial charge in [-0.3, -0.25) is 0 Å². The summed E-state index contributed by atoms with van der Waals surface area (Å²) in [6.07, 6.45) is 0. The Morgan fingerprint density at radius 1 is 0.432 bits per heavy atom. The van der Waals surface area contributed by atoms with Crippen molar-refractivity contribution in [2.45, 2.75) is 5.41 Å². The Labute approximate surface area is 217 Å². The van der Waals surface area contributed by atoms with Crippen LogP contribution in [0.3, 0.4) is 0 Å². The molecule has 6 aromatic rings. The normalized spacial score (nSPS) is 13.1. The second-order valence-corrected chi connectivity index (χ2v) is 9.38. The summed E-state index contributed by atoms with van der Waals surface area (Å²) in [5.41, 5.74) is 9.44. The molecule has 174 valence electrons. The van der Waals surface area contributed by atoms with Crippen molar-refractivity contribution in [1.82, 2.24) is 9.97 Å². The van der Waals surface area contributed by atoms with Crippen molar-refractivity contribution >= 4 is 0 Å². The van der Waals surface area contributed by atoms with Gasteiger partial charge in [0.05, 0.1) is 16.8 Å². The zero-order valence-corrected chi connectivity index (χ0v) is 20.3. The molecule has 0 unspecified atom stereocenters. The first-order valence-corrected chi connectivity index (χ1v) is 12.6. The fraction of sp³-hybridized carbons (Fsp3) is 0.0286. The molecule has 1 aliphatic rings. The first-order valence-electron chi connectivity index (χ1n) is 12.6. The van der Waals surface area contributed by atoms with E-state index in [1.165, 1.54) is 22.3 Å². The van der Waals surface area contributed by atoms with Gasteiger partial charge in [0.2, 0.25) is 0 Å². The van der Waals surface area contributed by atoms with Gasteiger partial charge >= 0.3 is 0 Å². The molecule has 0 spiro atoms. The van der Waals surface area contributed by atoms with Gasteiger partial charge in [-0.1, -0.05) is 146 Å². The van der Waals surface area contributed by atoms with E-state index in [9.17, 15) is 0 Å². The first-order chi connectivity index (χ1) is 18.4. The van der Waals surface area contributed by atoms with Gasteiger partial charge in [-0.2, -0.15) is 0 Å². The van der Waals surface area contributed by atoms with E-state index in [-0.39, 0.29) is 0 Å². The van der Waals surface area contributed by atoms with Crippen molar-refractivity contribution in [2.24, 2.45) is 0 Å². The topological polar surface area (TPSA) is 25.8 Å². The standard InChI is InChI=1S/C35H24N2/c1-5-15-25(16-6-1)32-31-29-23-13-14-24-30(29)35(27-19-9-3-10-20-27,28-21-11-4-12-22-28)33(31)37-34(36-32)26-17-7-2-8-18-26/h1-24H. The molecule has 0 radical (unpaired) electrons. The largest absolute Gasteiger partial charge is 0.231 e. The summed E-state index contributed by atoms with van der Waals surface area (Å²) in [7, 11) is 0. The van der Waals surface area contributed by atoms with Gasteiger partial charge in [0.15, 0.2) is 5.82 Å².